The van der Waals surface area contributed by atoms with Gasteiger partial charge >= 0.3 is 0 Å². The second kappa shape index (κ2) is 7.58. The van der Waals surface area contributed by atoms with E-state index in [9.17, 15) is 4.79 Å². The third-order valence-electron chi connectivity index (χ3n) is 3.45. The van der Waals surface area contributed by atoms with Crippen LogP contribution in [0.25, 0.3) is 0 Å². The summed E-state index contributed by atoms with van der Waals surface area (Å²) in [7, 11) is 0. The second-order valence-electron chi connectivity index (χ2n) is 5.26. The summed E-state index contributed by atoms with van der Waals surface area (Å²) in [6.45, 7) is 4.59. The summed E-state index contributed by atoms with van der Waals surface area (Å²) in [6, 6.07) is 12.3. The fourth-order valence-electron chi connectivity index (χ4n) is 2.09. The molecule has 110 valence electrons. The highest BCUT2D eigenvalue weighted by Crippen LogP contribution is 2.12. The van der Waals surface area contributed by atoms with Crippen LogP contribution in [0.15, 0.2) is 36.4 Å². The summed E-state index contributed by atoms with van der Waals surface area (Å²) in [6.07, 6.45) is 3.87. The molecule has 0 N–H and O–H groups in total. The molecule has 0 aliphatic carbocycles. The van der Waals surface area contributed by atoms with Gasteiger partial charge in [0.2, 0.25) is 5.88 Å². The van der Waals surface area contributed by atoms with Gasteiger partial charge in [0.15, 0.2) is 6.29 Å². The quantitative estimate of drug-likeness (QED) is 0.571. The highest BCUT2D eigenvalue weighted by molar-refractivity contribution is 5.74. The third-order valence-corrected chi connectivity index (χ3v) is 3.45. The van der Waals surface area contributed by atoms with Crippen LogP contribution in [0.3, 0.4) is 0 Å². The smallest absolute Gasteiger partial charge is 0.213 e. The Morgan fingerprint density at radius 2 is 1.81 bits per heavy atom. The van der Waals surface area contributed by atoms with Gasteiger partial charge in [-0.1, -0.05) is 35.9 Å². The first-order valence-corrected chi connectivity index (χ1v) is 7.30. The lowest BCUT2D eigenvalue weighted by Gasteiger charge is -2.07. The number of hydrogen-bond acceptors (Lipinski definition) is 3. The molecule has 0 bridgehead atoms. The fourth-order valence-corrected chi connectivity index (χ4v) is 2.09. The summed E-state index contributed by atoms with van der Waals surface area (Å²) in [4.78, 5) is 15.0. The molecule has 0 unspecified atom stereocenters. The van der Waals surface area contributed by atoms with Crippen LogP contribution in [-0.4, -0.2) is 17.9 Å². The van der Waals surface area contributed by atoms with Crippen molar-refractivity contribution in [2.75, 3.05) is 6.61 Å². The van der Waals surface area contributed by atoms with Gasteiger partial charge in [-0.25, -0.2) is 4.98 Å². The number of benzene rings is 1. The molecular weight excluding hydrogens is 262 g/mol. The molecule has 0 aliphatic heterocycles. The molecule has 0 saturated heterocycles. The molecule has 0 radical (unpaired) electrons. The van der Waals surface area contributed by atoms with Crippen LogP contribution in [0.1, 0.15) is 40.0 Å². The van der Waals surface area contributed by atoms with Gasteiger partial charge in [0, 0.05) is 6.07 Å². The van der Waals surface area contributed by atoms with E-state index in [0.29, 0.717) is 18.2 Å². The molecule has 0 fully saturated rings. The molecule has 2 aromatic rings. The number of unbranched alkanes of at least 4 members (excludes halogenated alkanes) is 1. The van der Waals surface area contributed by atoms with Gasteiger partial charge in [0.25, 0.3) is 0 Å². The van der Waals surface area contributed by atoms with Crippen molar-refractivity contribution in [2.45, 2.75) is 33.1 Å². The van der Waals surface area contributed by atoms with Crippen LogP contribution in [0.5, 0.6) is 5.88 Å². The van der Waals surface area contributed by atoms with E-state index >= 15 is 0 Å². The molecule has 0 amide bonds. The lowest BCUT2D eigenvalue weighted by molar-refractivity contribution is 0.111. The van der Waals surface area contributed by atoms with Crippen molar-refractivity contribution in [3.8, 4) is 5.88 Å². The normalized spacial score (nSPS) is 10.4. The topological polar surface area (TPSA) is 39.2 Å². The monoisotopic (exact) mass is 283 g/mol. The number of aromatic nitrogens is 1. The molecule has 1 aromatic carbocycles. The van der Waals surface area contributed by atoms with Crippen LogP contribution in [-0.2, 0) is 6.42 Å². The van der Waals surface area contributed by atoms with Gasteiger partial charge in [-0.3, -0.25) is 4.79 Å². The van der Waals surface area contributed by atoms with E-state index in [1.807, 2.05) is 19.1 Å². The number of hydrogen-bond donors (Lipinski definition) is 0. The maximum atomic E-state index is 10.8. The van der Waals surface area contributed by atoms with E-state index in [2.05, 4.69) is 36.2 Å². The fraction of sp³-hybridized carbons (Fsp3) is 0.333. The SMILES string of the molecule is Cc1ccc(CCCCOc2ccc(C)c(C=O)n2)cc1. The summed E-state index contributed by atoms with van der Waals surface area (Å²) >= 11 is 0. The Morgan fingerprint density at radius 1 is 1.05 bits per heavy atom. The maximum absolute atomic E-state index is 10.8. The van der Waals surface area contributed by atoms with Gasteiger partial charge in [0.1, 0.15) is 5.69 Å². The van der Waals surface area contributed by atoms with Crippen molar-refractivity contribution in [3.05, 3.63) is 58.8 Å². The van der Waals surface area contributed by atoms with Crippen LogP contribution < -0.4 is 4.74 Å². The maximum Gasteiger partial charge on any atom is 0.213 e. The van der Waals surface area contributed by atoms with E-state index in [1.54, 1.807) is 0 Å². The van der Waals surface area contributed by atoms with Gasteiger partial charge in [-0.15, -0.1) is 0 Å². The molecule has 0 saturated carbocycles. The van der Waals surface area contributed by atoms with E-state index in [-0.39, 0.29) is 0 Å². The molecule has 1 aromatic heterocycles. The first-order valence-electron chi connectivity index (χ1n) is 7.30. The Kier molecular flexibility index (Phi) is 5.50. The van der Waals surface area contributed by atoms with Crippen molar-refractivity contribution in [1.82, 2.24) is 4.98 Å². The summed E-state index contributed by atoms with van der Waals surface area (Å²) in [5.41, 5.74) is 3.97. The number of aldehydes is 1. The number of carbonyl (C=O) groups is 1. The predicted octanol–water partition coefficient (Wildman–Crippen LogP) is 3.91. The minimum Gasteiger partial charge on any atom is -0.478 e. The van der Waals surface area contributed by atoms with Gasteiger partial charge < -0.3 is 4.74 Å². The highest BCUT2D eigenvalue weighted by atomic mass is 16.5. The van der Waals surface area contributed by atoms with E-state index in [1.165, 1.54) is 11.1 Å². The molecular formula is C18H21NO2. The molecule has 21 heavy (non-hydrogen) atoms. The minimum atomic E-state index is 0.451. The van der Waals surface area contributed by atoms with Crippen molar-refractivity contribution < 1.29 is 9.53 Å². The highest BCUT2D eigenvalue weighted by Gasteiger charge is 2.02. The number of pyridine rings is 1. The Hall–Kier alpha value is -2.16. The average Bonchev–Trinajstić information content (AvgIpc) is 2.50. The first kappa shape index (κ1) is 15.2. The Morgan fingerprint density at radius 3 is 2.52 bits per heavy atom. The van der Waals surface area contributed by atoms with Crippen LogP contribution in [0, 0.1) is 13.8 Å². The van der Waals surface area contributed by atoms with Crippen LogP contribution in [0.4, 0.5) is 0 Å². The Labute approximate surface area is 126 Å². The second-order valence-corrected chi connectivity index (χ2v) is 5.26. The van der Waals surface area contributed by atoms with Gasteiger partial charge in [-0.05, 0) is 44.2 Å². The van der Waals surface area contributed by atoms with Crippen molar-refractivity contribution >= 4 is 6.29 Å². The molecule has 0 aliphatic rings. The molecule has 3 heteroatoms. The zero-order valence-electron chi connectivity index (χ0n) is 12.6. The lowest BCUT2D eigenvalue weighted by atomic mass is 10.1. The average molecular weight is 283 g/mol. The van der Waals surface area contributed by atoms with Crippen molar-refractivity contribution in [1.29, 1.82) is 0 Å². The summed E-state index contributed by atoms with van der Waals surface area (Å²) < 4.78 is 5.59. The summed E-state index contributed by atoms with van der Waals surface area (Å²) in [5.74, 6) is 0.526. The van der Waals surface area contributed by atoms with E-state index in [0.717, 1.165) is 31.1 Å². The number of ether oxygens (including phenoxy) is 1. The molecule has 3 nitrogen and oxygen atoms in total. The standard InChI is InChI=1S/C18H21NO2/c1-14-6-9-16(10-7-14)5-3-4-12-21-18-11-8-15(2)17(13-20)19-18/h6-11,13H,3-5,12H2,1-2H3. The molecule has 0 spiro atoms. The zero-order valence-corrected chi connectivity index (χ0v) is 12.6. The summed E-state index contributed by atoms with van der Waals surface area (Å²) in [5, 5.41) is 0. The molecule has 0 atom stereocenters. The van der Waals surface area contributed by atoms with Crippen LogP contribution >= 0.6 is 0 Å². The largest absolute Gasteiger partial charge is 0.478 e. The van der Waals surface area contributed by atoms with E-state index < -0.39 is 0 Å². The first-order chi connectivity index (χ1) is 10.2. The minimum absolute atomic E-state index is 0.451. The molecule has 2 rings (SSSR count). The van der Waals surface area contributed by atoms with Crippen molar-refractivity contribution in [2.24, 2.45) is 0 Å². The van der Waals surface area contributed by atoms with Gasteiger partial charge in [0.05, 0.1) is 6.61 Å². The lowest BCUT2D eigenvalue weighted by Crippen LogP contribution is -2.02. The predicted molar refractivity (Wildman–Crippen MR) is 84.0 cm³/mol. The number of carbonyl (C=O) groups excluding carboxylic acids is 1. The van der Waals surface area contributed by atoms with E-state index in [4.69, 9.17) is 4.74 Å². The number of aryl methyl sites for hydroxylation is 3. The Bertz CT molecular complexity index is 591. The van der Waals surface area contributed by atoms with Crippen molar-refractivity contribution in [3.63, 3.8) is 0 Å². The van der Waals surface area contributed by atoms with Gasteiger partial charge in [-0.2, -0.15) is 0 Å². The number of rotatable bonds is 7. The third kappa shape index (κ3) is 4.71. The molecule has 1 heterocycles. The number of nitrogens with zero attached hydrogens (tertiary/aromatic N) is 1. The van der Waals surface area contributed by atoms with Crippen LogP contribution in [0.2, 0.25) is 0 Å². The zero-order chi connectivity index (χ0) is 15.1. The Balaban J connectivity index is 1.72.